The first-order chi connectivity index (χ1) is 11.1. The van der Waals surface area contributed by atoms with E-state index < -0.39 is 0 Å². The molecule has 0 unspecified atom stereocenters. The highest BCUT2D eigenvalue weighted by molar-refractivity contribution is 5.92. The van der Waals surface area contributed by atoms with E-state index in [0.29, 0.717) is 36.9 Å². The number of ether oxygens (including phenoxy) is 1. The number of aryl methyl sites for hydroxylation is 1. The zero-order valence-corrected chi connectivity index (χ0v) is 13.3. The number of carbonyl (C=O) groups is 1. The average Bonchev–Trinajstić information content (AvgIpc) is 3.26. The molecule has 124 valence electrons. The summed E-state index contributed by atoms with van der Waals surface area (Å²) in [5, 5.41) is 4.19. The smallest absolute Gasteiger partial charge is 0.276 e. The first-order valence-corrected chi connectivity index (χ1v) is 7.67. The van der Waals surface area contributed by atoms with Crippen molar-refractivity contribution in [1.29, 1.82) is 0 Å². The Morgan fingerprint density at radius 2 is 2.39 bits per heavy atom. The number of nitrogens with two attached hydrogens (primary N) is 1. The van der Waals surface area contributed by atoms with E-state index in [1.807, 2.05) is 13.1 Å². The molecule has 3 rings (SSSR count). The Morgan fingerprint density at radius 1 is 1.57 bits per heavy atom. The number of nitrogens with zero attached hydrogens (tertiary/aromatic N) is 4. The van der Waals surface area contributed by atoms with Gasteiger partial charge in [-0.15, -0.1) is 0 Å². The minimum absolute atomic E-state index is 0.00871. The number of oxazole rings is 1. The molecule has 0 radical (unpaired) electrons. The summed E-state index contributed by atoms with van der Waals surface area (Å²) in [6, 6.07) is 1.72. The maximum absolute atomic E-state index is 12.7. The molecule has 3 heterocycles. The molecule has 1 amide bonds. The molecule has 0 aromatic carbocycles. The number of methoxy groups -OCH3 is 1. The molecule has 2 aromatic rings. The molecular formula is C15H21N5O3. The summed E-state index contributed by atoms with van der Waals surface area (Å²) in [6.07, 6.45) is 4.65. The Labute approximate surface area is 134 Å². The van der Waals surface area contributed by atoms with Crippen molar-refractivity contribution in [3.05, 3.63) is 30.1 Å². The third kappa shape index (κ3) is 3.21. The van der Waals surface area contributed by atoms with E-state index in [0.717, 1.165) is 6.42 Å². The highest BCUT2D eigenvalue weighted by Crippen LogP contribution is 2.23. The van der Waals surface area contributed by atoms with Crippen LogP contribution in [0.1, 0.15) is 29.7 Å². The number of aromatic nitrogens is 3. The van der Waals surface area contributed by atoms with Gasteiger partial charge in [0, 0.05) is 26.3 Å². The van der Waals surface area contributed by atoms with E-state index in [1.165, 1.54) is 6.26 Å². The van der Waals surface area contributed by atoms with Crippen molar-refractivity contribution in [2.75, 3.05) is 19.4 Å². The predicted molar refractivity (Wildman–Crippen MR) is 82.8 cm³/mol. The summed E-state index contributed by atoms with van der Waals surface area (Å²) < 4.78 is 12.5. The van der Waals surface area contributed by atoms with Gasteiger partial charge in [0.25, 0.3) is 5.91 Å². The Morgan fingerprint density at radius 3 is 3.00 bits per heavy atom. The largest absolute Gasteiger partial charge is 0.448 e. The molecule has 1 fully saturated rings. The van der Waals surface area contributed by atoms with Crippen LogP contribution in [0.5, 0.6) is 0 Å². The number of likely N-dealkylation sites (tertiary alicyclic amines) is 1. The number of hydrogen-bond donors (Lipinski definition) is 1. The van der Waals surface area contributed by atoms with E-state index in [9.17, 15) is 4.79 Å². The molecule has 1 aliphatic heterocycles. The van der Waals surface area contributed by atoms with Gasteiger partial charge in [0.05, 0.1) is 18.7 Å². The SMILES string of the molecule is CCc1nc(C(=O)N2C[C@@H](OC)C[C@H]2Cn2ccc(N)n2)co1. The van der Waals surface area contributed by atoms with Gasteiger partial charge in [0.15, 0.2) is 11.6 Å². The molecule has 8 nitrogen and oxygen atoms in total. The predicted octanol–water partition coefficient (Wildman–Crippen LogP) is 0.945. The van der Waals surface area contributed by atoms with Crippen LogP contribution in [0.25, 0.3) is 0 Å². The highest BCUT2D eigenvalue weighted by Gasteiger charge is 2.37. The number of hydrogen-bond acceptors (Lipinski definition) is 6. The van der Waals surface area contributed by atoms with Crippen LogP contribution in [0, 0.1) is 0 Å². The Balaban J connectivity index is 1.77. The third-order valence-electron chi connectivity index (χ3n) is 4.10. The number of rotatable bonds is 5. The molecular weight excluding hydrogens is 298 g/mol. The monoisotopic (exact) mass is 319 g/mol. The molecule has 0 bridgehead atoms. The summed E-state index contributed by atoms with van der Waals surface area (Å²) in [6.45, 7) is 3.04. The standard InChI is InChI=1S/C15H21N5O3/c1-3-14-17-12(9-23-14)15(21)20-8-11(22-2)6-10(20)7-19-5-4-13(16)18-19/h4-5,9-11H,3,6-8H2,1-2H3,(H2,16,18)/t10-,11-/m0/s1. The Hall–Kier alpha value is -2.35. The molecule has 1 saturated heterocycles. The number of carbonyl (C=O) groups excluding carboxylic acids is 1. The van der Waals surface area contributed by atoms with Crippen molar-refractivity contribution in [1.82, 2.24) is 19.7 Å². The lowest BCUT2D eigenvalue weighted by atomic mass is 10.2. The fourth-order valence-electron chi connectivity index (χ4n) is 2.88. The van der Waals surface area contributed by atoms with Gasteiger partial charge in [0.2, 0.25) is 0 Å². The highest BCUT2D eigenvalue weighted by atomic mass is 16.5. The summed E-state index contributed by atoms with van der Waals surface area (Å²) in [5.41, 5.74) is 5.99. The van der Waals surface area contributed by atoms with Crippen molar-refractivity contribution in [3.8, 4) is 0 Å². The van der Waals surface area contributed by atoms with Crippen LogP contribution in [0.15, 0.2) is 22.9 Å². The molecule has 1 aliphatic rings. The van der Waals surface area contributed by atoms with E-state index >= 15 is 0 Å². The number of amides is 1. The van der Waals surface area contributed by atoms with E-state index in [2.05, 4.69) is 10.1 Å². The fraction of sp³-hybridized carbons (Fsp3) is 0.533. The van der Waals surface area contributed by atoms with Crippen molar-refractivity contribution in [2.24, 2.45) is 0 Å². The lowest BCUT2D eigenvalue weighted by Crippen LogP contribution is -2.38. The molecule has 23 heavy (non-hydrogen) atoms. The maximum atomic E-state index is 12.7. The minimum atomic E-state index is -0.141. The average molecular weight is 319 g/mol. The van der Waals surface area contributed by atoms with Crippen molar-refractivity contribution >= 4 is 11.7 Å². The molecule has 0 saturated carbocycles. The molecule has 2 aromatic heterocycles. The normalized spacial score (nSPS) is 21.0. The lowest BCUT2D eigenvalue weighted by molar-refractivity contribution is 0.0673. The van der Waals surface area contributed by atoms with Crippen LogP contribution in [0.2, 0.25) is 0 Å². The minimum Gasteiger partial charge on any atom is -0.448 e. The van der Waals surface area contributed by atoms with Crippen molar-refractivity contribution in [3.63, 3.8) is 0 Å². The van der Waals surface area contributed by atoms with Crippen LogP contribution in [0.4, 0.5) is 5.82 Å². The van der Waals surface area contributed by atoms with Gasteiger partial charge in [-0.05, 0) is 12.5 Å². The van der Waals surface area contributed by atoms with E-state index in [1.54, 1.807) is 22.8 Å². The molecule has 8 heteroatoms. The molecule has 2 atom stereocenters. The summed E-state index contributed by atoms with van der Waals surface area (Å²) >= 11 is 0. The molecule has 0 spiro atoms. The number of anilines is 1. The van der Waals surface area contributed by atoms with Gasteiger partial charge < -0.3 is 19.8 Å². The summed E-state index contributed by atoms with van der Waals surface area (Å²) in [7, 11) is 1.66. The quantitative estimate of drug-likeness (QED) is 0.880. The zero-order chi connectivity index (χ0) is 16.4. The topological polar surface area (TPSA) is 99.4 Å². The van der Waals surface area contributed by atoms with Crippen LogP contribution in [-0.4, -0.2) is 51.4 Å². The van der Waals surface area contributed by atoms with Crippen molar-refractivity contribution in [2.45, 2.75) is 38.5 Å². The first-order valence-electron chi connectivity index (χ1n) is 7.67. The van der Waals surface area contributed by atoms with Crippen molar-refractivity contribution < 1.29 is 13.9 Å². The van der Waals surface area contributed by atoms with Gasteiger partial charge >= 0.3 is 0 Å². The van der Waals surface area contributed by atoms with Crippen LogP contribution in [-0.2, 0) is 17.7 Å². The van der Waals surface area contributed by atoms with Crippen LogP contribution < -0.4 is 5.73 Å². The van der Waals surface area contributed by atoms with Gasteiger partial charge in [-0.2, -0.15) is 5.10 Å². The third-order valence-corrected chi connectivity index (χ3v) is 4.10. The zero-order valence-electron chi connectivity index (χ0n) is 13.3. The molecule has 0 aliphatic carbocycles. The van der Waals surface area contributed by atoms with Gasteiger partial charge in [-0.1, -0.05) is 6.92 Å². The fourth-order valence-corrected chi connectivity index (χ4v) is 2.88. The first kappa shape index (κ1) is 15.5. The van der Waals surface area contributed by atoms with E-state index in [-0.39, 0.29) is 18.1 Å². The number of nitrogen functional groups attached to an aromatic ring is 1. The summed E-state index contributed by atoms with van der Waals surface area (Å²) in [5.74, 6) is 0.888. The Bertz CT molecular complexity index is 680. The second kappa shape index (κ2) is 6.41. The van der Waals surface area contributed by atoms with Gasteiger partial charge in [0.1, 0.15) is 12.1 Å². The molecule has 2 N–H and O–H groups in total. The van der Waals surface area contributed by atoms with E-state index in [4.69, 9.17) is 14.9 Å². The van der Waals surface area contributed by atoms with Crippen LogP contribution >= 0.6 is 0 Å². The van der Waals surface area contributed by atoms with Gasteiger partial charge in [-0.25, -0.2) is 4.98 Å². The Kier molecular flexibility index (Phi) is 4.33. The van der Waals surface area contributed by atoms with Crippen LogP contribution in [0.3, 0.4) is 0 Å². The second-order valence-electron chi connectivity index (χ2n) is 5.65. The summed E-state index contributed by atoms with van der Waals surface area (Å²) in [4.78, 5) is 18.7. The lowest BCUT2D eigenvalue weighted by Gasteiger charge is -2.23. The van der Waals surface area contributed by atoms with Gasteiger partial charge in [-0.3, -0.25) is 9.48 Å². The maximum Gasteiger partial charge on any atom is 0.276 e. The second-order valence-corrected chi connectivity index (χ2v) is 5.65.